The number of nitrogens with zero attached hydrogens (tertiary/aromatic N) is 3. The van der Waals surface area contributed by atoms with Gasteiger partial charge < -0.3 is 5.32 Å². The van der Waals surface area contributed by atoms with Crippen molar-refractivity contribution in [1.29, 1.82) is 0 Å². The van der Waals surface area contributed by atoms with Gasteiger partial charge in [0.05, 0.1) is 11.4 Å². The number of rotatable bonds is 6. The molecule has 1 aliphatic carbocycles. The summed E-state index contributed by atoms with van der Waals surface area (Å²) in [7, 11) is 0. The van der Waals surface area contributed by atoms with Crippen LogP contribution in [0.5, 0.6) is 0 Å². The monoisotopic (exact) mass is 459 g/mol. The fraction of sp³-hybridized carbons (Fsp3) is 0.632. The van der Waals surface area contributed by atoms with Crippen LogP contribution in [0.2, 0.25) is 0 Å². The molecule has 0 aromatic carbocycles. The zero-order valence-corrected chi connectivity index (χ0v) is 18.4. The maximum Gasteiger partial charge on any atom is 0.401 e. The molecule has 2 N–H and O–H groups in total. The number of alkyl halides is 3. The molecule has 0 bridgehead atoms. The van der Waals surface area contributed by atoms with Crippen LogP contribution in [0, 0.1) is 13.8 Å². The molecule has 2 aromatic rings. The summed E-state index contributed by atoms with van der Waals surface area (Å²) >= 11 is 2.81. The fourth-order valence-corrected chi connectivity index (χ4v) is 5.59. The van der Waals surface area contributed by atoms with E-state index in [-0.39, 0.29) is 11.9 Å². The van der Waals surface area contributed by atoms with Crippen molar-refractivity contribution >= 4 is 33.7 Å². The molecule has 2 unspecified atom stereocenters. The van der Waals surface area contributed by atoms with Crippen molar-refractivity contribution in [2.75, 3.05) is 25.0 Å². The summed E-state index contributed by atoms with van der Waals surface area (Å²) in [4.78, 5) is 15.8. The summed E-state index contributed by atoms with van der Waals surface area (Å²) in [6, 6.07) is 2.55. The molecule has 164 valence electrons. The quantitative estimate of drug-likeness (QED) is 0.685. The van der Waals surface area contributed by atoms with Gasteiger partial charge in [-0.2, -0.15) is 13.2 Å². The summed E-state index contributed by atoms with van der Waals surface area (Å²) < 4.78 is 37.6. The van der Waals surface area contributed by atoms with Crippen molar-refractivity contribution in [1.82, 2.24) is 20.4 Å². The van der Waals surface area contributed by atoms with Gasteiger partial charge in [0.2, 0.25) is 5.13 Å². The first kappa shape index (κ1) is 21.7. The smallest absolute Gasteiger partial charge is 0.311 e. The Morgan fingerprint density at radius 2 is 1.97 bits per heavy atom. The van der Waals surface area contributed by atoms with E-state index in [1.165, 1.54) is 33.1 Å². The van der Waals surface area contributed by atoms with Crippen molar-refractivity contribution in [3.63, 3.8) is 0 Å². The van der Waals surface area contributed by atoms with E-state index in [9.17, 15) is 18.0 Å². The van der Waals surface area contributed by atoms with Gasteiger partial charge in [0.15, 0.2) is 0 Å². The Balaban J connectivity index is 1.28. The first-order chi connectivity index (χ1) is 14.2. The third-order valence-electron chi connectivity index (χ3n) is 5.56. The first-order valence-corrected chi connectivity index (χ1v) is 11.6. The van der Waals surface area contributed by atoms with Gasteiger partial charge in [-0.3, -0.25) is 15.0 Å². The van der Waals surface area contributed by atoms with Crippen molar-refractivity contribution in [2.24, 2.45) is 0 Å². The van der Waals surface area contributed by atoms with Crippen LogP contribution in [0.4, 0.5) is 18.3 Å². The summed E-state index contributed by atoms with van der Waals surface area (Å²) in [6.45, 7) is 3.99. The number of thiophene rings is 1. The van der Waals surface area contributed by atoms with Gasteiger partial charge >= 0.3 is 6.18 Å². The van der Waals surface area contributed by atoms with Crippen LogP contribution in [-0.2, 0) is 0 Å². The second kappa shape index (κ2) is 8.52. The SMILES string of the molecule is Cc1nnc(NC(=O)c2cc(C3CC3NC3CCN(CC(F)(F)F)CC3)c(C)s2)s1. The number of hydrogen-bond donors (Lipinski definition) is 2. The van der Waals surface area contributed by atoms with E-state index in [0.29, 0.717) is 35.1 Å². The van der Waals surface area contributed by atoms with E-state index in [0.717, 1.165) is 29.1 Å². The van der Waals surface area contributed by atoms with Crippen molar-refractivity contribution in [2.45, 2.75) is 57.3 Å². The normalized spacial score (nSPS) is 23.0. The van der Waals surface area contributed by atoms with Gasteiger partial charge in [-0.05, 0) is 57.8 Å². The van der Waals surface area contributed by atoms with Crippen molar-refractivity contribution in [3.05, 3.63) is 26.4 Å². The van der Waals surface area contributed by atoms with Crippen LogP contribution < -0.4 is 10.6 Å². The van der Waals surface area contributed by atoms with Crippen molar-refractivity contribution < 1.29 is 18.0 Å². The average Bonchev–Trinajstić information content (AvgIpc) is 3.10. The van der Waals surface area contributed by atoms with E-state index in [1.807, 2.05) is 19.9 Å². The highest BCUT2D eigenvalue weighted by Gasteiger charge is 2.42. The Hall–Kier alpha value is -1.56. The fourth-order valence-electron chi connectivity index (χ4n) is 4.02. The Morgan fingerprint density at radius 3 is 2.60 bits per heavy atom. The Kier molecular flexibility index (Phi) is 6.16. The standard InChI is InChI=1S/C19H24F3N5OS2/c1-10-13(8-16(29-10)17(28)24-18-26-25-11(2)30-18)14-7-15(14)23-12-3-5-27(6-4-12)9-19(20,21)22/h8,12,14-15,23H,3-7,9H2,1-2H3,(H,24,26,28). The lowest BCUT2D eigenvalue weighted by Crippen LogP contribution is -2.46. The Labute approximate surface area is 180 Å². The maximum atomic E-state index is 12.5. The number of nitrogens with one attached hydrogen (secondary N) is 2. The predicted molar refractivity (Wildman–Crippen MR) is 111 cm³/mol. The van der Waals surface area contributed by atoms with Gasteiger partial charge in [-0.1, -0.05) is 11.3 Å². The molecule has 11 heteroatoms. The number of carbonyl (C=O) groups is 1. The molecule has 2 aliphatic rings. The molecule has 2 atom stereocenters. The van der Waals surface area contributed by atoms with Gasteiger partial charge in [-0.15, -0.1) is 21.5 Å². The van der Waals surface area contributed by atoms with Crippen LogP contribution in [0.15, 0.2) is 6.07 Å². The molecule has 2 fully saturated rings. The number of aromatic nitrogens is 2. The third-order valence-corrected chi connectivity index (χ3v) is 7.38. The van der Waals surface area contributed by atoms with E-state index < -0.39 is 12.7 Å². The molecule has 3 heterocycles. The van der Waals surface area contributed by atoms with Gasteiger partial charge in [0.1, 0.15) is 5.01 Å². The molecule has 1 saturated heterocycles. The van der Waals surface area contributed by atoms with Gasteiger partial charge in [-0.25, -0.2) is 0 Å². The van der Waals surface area contributed by atoms with E-state index in [4.69, 9.17) is 0 Å². The molecule has 1 saturated carbocycles. The third kappa shape index (κ3) is 5.37. The molecule has 1 aliphatic heterocycles. The summed E-state index contributed by atoms with van der Waals surface area (Å²) in [5, 5.41) is 15.5. The molecule has 30 heavy (non-hydrogen) atoms. The molecule has 1 amide bonds. The number of piperidine rings is 1. The maximum absolute atomic E-state index is 12.5. The minimum atomic E-state index is -4.13. The highest BCUT2D eigenvalue weighted by Crippen LogP contribution is 2.45. The van der Waals surface area contributed by atoms with Crippen LogP contribution in [0.1, 0.15) is 50.3 Å². The summed E-state index contributed by atoms with van der Waals surface area (Å²) in [6.07, 6.45) is -1.66. The van der Waals surface area contributed by atoms with Crippen LogP contribution >= 0.6 is 22.7 Å². The van der Waals surface area contributed by atoms with Crippen molar-refractivity contribution in [3.8, 4) is 0 Å². The van der Waals surface area contributed by atoms with E-state index >= 15 is 0 Å². The molecule has 0 spiro atoms. The lowest BCUT2D eigenvalue weighted by molar-refractivity contribution is -0.148. The zero-order chi connectivity index (χ0) is 21.5. The molecule has 2 aromatic heterocycles. The lowest BCUT2D eigenvalue weighted by Gasteiger charge is -2.33. The minimum absolute atomic E-state index is 0.173. The zero-order valence-electron chi connectivity index (χ0n) is 16.8. The van der Waals surface area contributed by atoms with E-state index in [2.05, 4.69) is 20.8 Å². The van der Waals surface area contributed by atoms with Gasteiger partial charge in [0.25, 0.3) is 5.91 Å². The predicted octanol–water partition coefficient (Wildman–Crippen LogP) is 3.94. The topological polar surface area (TPSA) is 70.1 Å². The van der Waals surface area contributed by atoms with Crippen LogP contribution in [0.25, 0.3) is 0 Å². The summed E-state index contributed by atoms with van der Waals surface area (Å²) in [5.41, 5.74) is 1.19. The largest absolute Gasteiger partial charge is 0.401 e. The highest BCUT2D eigenvalue weighted by molar-refractivity contribution is 7.16. The summed E-state index contributed by atoms with van der Waals surface area (Å²) in [5.74, 6) is 0.187. The number of amides is 1. The van der Waals surface area contributed by atoms with Crippen LogP contribution in [-0.4, -0.2) is 58.9 Å². The first-order valence-electron chi connectivity index (χ1n) is 9.95. The van der Waals surface area contributed by atoms with Crippen LogP contribution in [0.3, 0.4) is 0 Å². The number of likely N-dealkylation sites (tertiary alicyclic amines) is 1. The Bertz CT molecular complexity index is 904. The Morgan fingerprint density at radius 1 is 1.23 bits per heavy atom. The average molecular weight is 460 g/mol. The minimum Gasteiger partial charge on any atom is -0.311 e. The second-order valence-corrected chi connectivity index (χ2v) is 10.4. The highest BCUT2D eigenvalue weighted by atomic mass is 32.1. The molecule has 6 nitrogen and oxygen atoms in total. The molecular weight excluding hydrogens is 435 g/mol. The number of halogens is 3. The lowest BCUT2D eigenvalue weighted by atomic mass is 10.0. The van der Waals surface area contributed by atoms with Gasteiger partial charge in [0, 0.05) is 22.9 Å². The molecule has 0 radical (unpaired) electrons. The van der Waals surface area contributed by atoms with E-state index in [1.54, 1.807) is 0 Å². The number of aryl methyl sites for hydroxylation is 2. The number of hydrogen-bond acceptors (Lipinski definition) is 7. The second-order valence-electron chi connectivity index (χ2n) is 7.98. The number of carbonyl (C=O) groups excluding carboxylic acids is 1. The molecular formula is C19H24F3N5OS2. The number of anilines is 1. The molecule has 4 rings (SSSR count).